The molecule has 2 aliphatic rings. The summed E-state index contributed by atoms with van der Waals surface area (Å²) in [5.74, 6) is -0.368. The maximum atomic E-state index is 13.6. The Morgan fingerprint density at radius 1 is 0.977 bits per heavy atom. The molecule has 1 aliphatic carbocycles. The van der Waals surface area contributed by atoms with Crippen molar-refractivity contribution in [1.82, 2.24) is 24.6 Å². The van der Waals surface area contributed by atoms with Crippen LogP contribution in [0.4, 0.5) is 19.4 Å². The maximum absolute atomic E-state index is 13.6. The fraction of sp³-hybridized carbons (Fsp3) is 0.310. The summed E-state index contributed by atoms with van der Waals surface area (Å²) in [5.41, 5.74) is 0.389. The van der Waals surface area contributed by atoms with Gasteiger partial charge in [0.1, 0.15) is 29.5 Å². The van der Waals surface area contributed by atoms with E-state index in [9.17, 15) is 33.8 Å². The lowest BCUT2D eigenvalue weighted by atomic mass is 10.0. The standard InChI is InChI=1S/C29H26F5N5O4S/c1-17(40)29-22-14-20(43-16-27-35-8-3-9-36-27)6-7-23(22)38(37-29)15-28(42)39-24-12-19(24)13-25(39)26(41)11-18-4-2-5-21(10-18)44(30,31,32,33)34/h2-10,14,19,24-25H,11-13,15-16H2,1H3/t19-,24-,25+/m1/s1. The Labute approximate surface area is 247 Å². The van der Waals surface area contributed by atoms with Gasteiger partial charge < -0.3 is 9.64 Å². The molecule has 0 unspecified atom stereocenters. The summed E-state index contributed by atoms with van der Waals surface area (Å²) in [4.78, 5) is 46.8. The first-order valence-electron chi connectivity index (χ1n) is 13.6. The van der Waals surface area contributed by atoms with Crippen molar-refractivity contribution in [2.75, 3.05) is 0 Å². The molecule has 2 aromatic carbocycles. The molecule has 2 aromatic heterocycles. The first-order valence-corrected chi connectivity index (χ1v) is 15.6. The number of piperidine rings is 1. The second-order valence-corrected chi connectivity index (χ2v) is 13.5. The molecular formula is C29H26F5N5O4S. The van der Waals surface area contributed by atoms with Crippen LogP contribution < -0.4 is 4.74 Å². The zero-order chi connectivity index (χ0) is 31.5. The number of fused-ring (bicyclic) bond motifs is 2. The molecular weight excluding hydrogens is 609 g/mol. The molecule has 0 spiro atoms. The van der Waals surface area contributed by atoms with Gasteiger partial charge in [-0.05, 0) is 60.7 Å². The van der Waals surface area contributed by atoms with Crippen LogP contribution >= 0.6 is 10.2 Å². The van der Waals surface area contributed by atoms with E-state index in [0.717, 1.165) is 6.07 Å². The topological polar surface area (TPSA) is 107 Å². The molecule has 1 amide bonds. The molecule has 0 radical (unpaired) electrons. The highest BCUT2D eigenvalue weighted by Crippen LogP contribution is 3.02. The minimum Gasteiger partial charge on any atom is -0.486 e. The lowest BCUT2D eigenvalue weighted by Gasteiger charge is -2.40. The number of carbonyl (C=O) groups excluding carboxylic acids is 3. The first-order chi connectivity index (χ1) is 20.6. The van der Waals surface area contributed by atoms with Gasteiger partial charge in [0, 0.05) is 37.2 Å². The van der Waals surface area contributed by atoms with Crippen LogP contribution in [0.5, 0.6) is 5.75 Å². The van der Waals surface area contributed by atoms with Crippen LogP contribution in [0.15, 0.2) is 65.8 Å². The Morgan fingerprint density at radius 3 is 2.43 bits per heavy atom. The van der Waals surface area contributed by atoms with Gasteiger partial charge in [-0.1, -0.05) is 31.6 Å². The Hall–Kier alpha value is -4.40. The van der Waals surface area contributed by atoms with Gasteiger partial charge in [-0.3, -0.25) is 19.1 Å². The number of halogens is 5. The van der Waals surface area contributed by atoms with Gasteiger partial charge in [-0.2, -0.15) is 5.10 Å². The van der Waals surface area contributed by atoms with Crippen molar-refractivity contribution in [3.05, 3.63) is 78.0 Å². The highest BCUT2D eigenvalue weighted by molar-refractivity contribution is 8.45. The zero-order valence-electron chi connectivity index (χ0n) is 23.2. The molecule has 6 rings (SSSR count). The molecule has 3 atom stereocenters. The molecule has 15 heteroatoms. The van der Waals surface area contributed by atoms with Gasteiger partial charge in [0.25, 0.3) is 0 Å². The number of amides is 1. The van der Waals surface area contributed by atoms with Crippen LogP contribution in [-0.2, 0) is 29.2 Å². The predicted molar refractivity (Wildman–Crippen MR) is 150 cm³/mol. The van der Waals surface area contributed by atoms with E-state index in [1.165, 1.54) is 22.6 Å². The number of hydrogen-bond acceptors (Lipinski definition) is 7. The number of nitrogens with zero attached hydrogens (tertiary/aromatic N) is 5. The lowest BCUT2D eigenvalue weighted by Crippen LogP contribution is -2.45. The molecule has 4 aromatic rings. The van der Waals surface area contributed by atoms with E-state index in [1.807, 2.05) is 0 Å². The smallest absolute Gasteiger partial charge is 0.310 e. The van der Waals surface area contributed by atoms with Gasteiger partial charge in [-0.25, -0.2) is 9.97 Å². The maximum Gasteiger partial charge on any atom is 0.310 e. The van der Waals surface area contributed by atoms with Gasteiger partial charge in [0.2, 0.25) is 5.91 Å². The van der Waals surface area contributed by atoms with Crippen molar-refractivity contribution >= 4 is 38.6 Å². The minimum atomic E-state index is -9.92. The van der Waals surface area contributed by atoms with Crippen molar-refractivity contribution in [3.63, 3.8) is 0 Å². The summed E-state index contributed by atoms with van der Waals surface area (Å²) < 4.78 is 73.7. The predicted octanol–water partition coefficient (Wildman–Crippen LogP) is 6.07. The van der Waals surface area contributed by atoms with Gasteiger partial charge >= 0.3 is 10.2 Å². The molecule has 1 saturated carbocycles. The molecule has 2 fully saturated rings. The number of likely N-dealkylation sites (tertiary alicyclic amines) is 1. The minimum absolute atomic E-state index is 0.0689. The summed E-state index contributed by atoms with van der Waals surface area (Å²) in [7, 11) is -9.92. The Balaban J connectivity index is 1.20. The number of ether oxygens (including phenoxy) is 1. The van der Waals surface area contributed by atoms with Crippen LogP contribution in [-0.4, -0.2) is 54.2 Å². The third-order valence-electron chi connectivity index (χ3n) is 7.81. The molecule has 232 valence electrons. The number of hydrogen-bond donors (Lipinski definition) is 0. The molecule has 3 heterocycles. The van der Waals surface area contributed by atoms with Crippen LogP contribution in [0.1, 0.15) is 41.6 Å². The van der Waals surface area contributed by atoms with Gasteiger partial charge in [0.05, 0.1) is 11.6 Å². The number of Topliss-reactive ketones (excluding diaryl/α,β-unsaturated/α-hetero) is 2. The molecule has 9 nitrogen and oxygen atoms in total. The van der Waals surface area contributed by atoms with Crippen molar-refractivity contribution in [1.29, 1.82) is 0 Å². The van der Waals surface area contributed by atoms with Crippen LogP contribution in [0.3, 0.4) is 0 Å². The summed E-state index contributed by atoms with van der Waals surface area (Å²) >= 11 is 0. The fourth-order valence-corrected chi connectivity index (χ4v) is 6.42. The average molecular weight is 636 g/mol. The molecule has 1 saturated heterocycles. The van der Waals surface area contributed by atoms with E-state index in [0.29, 0.717) is 41.4 Å². The van der Waals surface area contributed by atoms with Crippen molar-refractivity contribution in [2.45, 2.75) is 56.3 Å². The lowest BCUT2D eigenvalue weighted by molar-refractivity contribution is -0.139. The number of aromatic nitrogens is 4. The Kier molecular flexibility index (Phi) is 6.61. The second-order valence-electron chi connectivity index (χ2n) is 11.1. The van der Waals surface area contributed by atoms with Crippen molar-refractivity contribution < 1.29 is 38.5 Å². The summed E-state index contributed by atoms with van der Waals surface area (Å²) in [6.07, 6.45) is 3.64. The van der Waals surface area contributed by atoms with Crippen molar-refractivity contribution in [3.8, 4) is 5.75 Å². The zero-order valence-corrected chi connectivity index (χ0v) is 24.0. The molecule has 0 N–H and O–H groups in total. The van der Waals surface area contributed by atoms with Crippen molar-refractivity contribution in [2.24, 2.45) is 5.92 Å². The van der Waals surface area contributed by atoms with E-state index in [4.69, 9.17) is 4.74 Å². The van der Waals surface area contributed by atoms with Crippen LogP contribution in [0, 0.1) is 5.92 Å². The quantitative estimate of drug-likeness (QED) is 0.154. The Morgan fingerprint density at radius 2 is 1.73 bits per heavy atom. The van der Waals surface area contributed by atoms with E-state index in [2.05, 4.69) is 15.1 Å². The summed E-state index contributed by atoms with van der Waals surface area (Å²) in [6, 6.07) is 8.09. The highest BCUT2D eigenvalue weighted by atomic mass is 32.5. The summed E-state index contributed by atoms with van der Waals surface area (Å²) in [6.45, 7) is 1.13. The van der Waals surface area contributed by atoms with Gasteiger partial charge in [-0.15, -0.1) is 0 Å². The van der Waals surface area contributed by atoms with Crippen LogP contribution in [0.2, 0.25) is 0 Å². The first kappa shape index (κ1) is 29.7. The third-order valence-corrected chi connectivity index (χ3v) is 8.96. The highest BCUT2D eigenvalue weighted by Gasteiger charge is 2.65. The number of benzene rings is 2. The average Bonchev–Trinajstić information content (AvgIpc) is 3.46. The summed E-state index contributed by atoms with van der Waals surface area (Å²) in [5, 5.41) is 4.82. The Bertz CT molecular complexity index is 1820. The van der Waals surface area contributed by atoms with E-state index >= 15 is 0 Å². The normalized spacial score (nSPS) is 21.0. The third kappa shape index (κ3) is 6.00. The van der Waals surface area contributed by atoms with E-state index < -0.39 is 39.3 Å². The number of carbonyl (C=O) groups is 3. The molecule has 0 bridgehead atoms. The number of rotatable bonds is 10. The second kappa shape index (κ2) is 9.81. The van der Waals surface area contributed by atoms with Crippen LogP contribution in [0.25, 0.3) is 10.9 Å². The molecule has 44 heavy (non-hydrogen) atoms. The van der Waals surface area contributed by atoms with E-state index in [-0.39, 0.29) is 48.2 Å². The number of ketones is 2. The fourth-order valence-electron chi connectivity index (χ4n) is 5.71. The van der Waals surface area contributed by atoms with Gasteiger partial charge in [0.15, 0.2) is 17.4 Å². The molecule has 1 aliphatic heterocycles. The largest absolute Gasteiger partial charge is 0.486 e. The SMILES string of the molecule is CC(=O)c1nn(CC(=O)N2[C@@H]3C[C@@H]3C[C@H]2C(=O)Cc2cccc(S(F)(F)(F)(F)F)c2)c2ccc(OCc3ncccn3)cc12. The monoisotopic (exact) mass is 635 g/mol. The van der Waals surface area contributed by atoms with E-state index in [1.54, 1.807) is 36.7 Å².